The Balaban J connectivity index is 1.50. The van der Waals surface area contributed by atoms with Gasteiger partial charge in [0.2, 0.25) is 0 Å². The van der Waals surface area contributed by atoms with Crippen molar-refractivity contribution >= 4 is 48.4 Å². The number of fused-ring (bicyclic) bond motifs is 1. The van der Waals surface area contributed by atoms with Gasteiger partial charge >= 0.3 is 5.97 Å². The molecule has 1 saturated heterocycles. The van der Waals surface area contributed by atoms with E-state index in [9.17, 15) is 13.2 Å². The second-order valence-corrected chi connectivity index (χ2v) is 9.61. The maximum atomic E-state index is 12.7. The summed E-state index contributed by atoms with van der Waals surface area (Å²) in [5.74, 6) is -0.886. The lowest BCUT2D eigenvalue weighted by Gasteiger charge is -2.25. The van der Waals surface area contributed by atoms with Crippen LogP contribution in [0.15, 0.2) is 47.4 Å². The van der Waals surface area contributed by atoms with Gasteiger partial charge in [-0.05, 0) is 42.3 Å². The van der Waals surface area contributed by atoms with Gasteiger partial charge in [-0.25, -0.2) is 13.4 Å². The van der Waals surface area contributed by atoms with Crippen LogP contribution in [0.3, 0.4) is 0 Å². The molecule has 1 aliphatic rings. The average molecular weight is 448 g/mol. The number of carboxylic acid groups (broad SMARTS) is 1. The summed E-state index contributed by atoms with van der Waals surface area (Å²) in [6, 6.07) is 11.5. The molecule has 10 heteroatoms. The first-order valence-electron chi connectivity index (χ1n) is 9.47. The number of aliphatic carboxylic acids is 1. The van der Waals surface area contributed by atoms with E-state index in [0.717, 1.165) is 34.0 Å². The van der Waals surface area contributed by atoms with Crippen molar-refractivity contribution in [3.63, 3.8) is 0 Å². The lowest BCUT2D eigenvalue weighted by atomic mass is 10.1. The highest BCUT2D eigenvalue weighted by atomic mass is 32.2. The number of anilines is 2. The number of benzene rings is 2. The molecule has 30 heavy (non-hydrogen) atoms. The summed E-state index contributed by atoms with van der Waals surface area (Å²) in [6.45, 7) is 2.94. The van der Waals surface area contributed by atoms with E-state index in [4.69, 9.17) is 9.84 Å². The standard InChI is InChI=1S/C20H21N3O5S2/c24-19(25)8-3-14-1-5-16(6-2-14)30(26,27)22-15-4-7-17-18(13-15)29-20(21-17)23-9-11-28-12-10-23/h1-2,4-7,13,22H,3,8-12H2,(H,24,25). The van der Waals surface area contributed by atoms with Crippen LogP contribution in [0.2, 0.25) is 0 Å². The number of rotatable bonds is 7. The molecular formula is C20H21N3O5S2. The number of aryl methyl sites for hydroxylation is 1. The summed E-state index contributed by atoms with van der Waals surface area (Å²) >= 11 is 1.53. The number of aromatic nitrogens is 1. The summed E-state index contributed by atoms with van der Waals surface area (Å²) < 4.78 is 34.3. The second kappa shape index (κ2) is 8.58. The molecule has 0 saturated carbocycles. The maximum absolute atomic E-state index is 12.7. The molecular weight excluding hydrogens is 426 g/mol. The molecule has 2 heterocycles. The van der Waals surface area contributed by atoms with Crippen molar-refractivity contribution < 1.29 is 23.1 Å². The quantitative estimate of drug-likeness (QED) is 0.573. The summed E-state index contributed by atoms with van der Waals surface area (Å²) in [7, 11) is -3.75. The van der Waals surface area contributed by atoms with Gasteiger partial charge < -0.3 is 14.7 Å². The van der Waals surface area contributed by atoms with Crippen molar-refractivity contribution in [2.24, 2.45) is 0 Å². The first-order chi connectivity index (χ1) is 14.4. The van der Waals surface area contributed by atoms with Gasteiger partial charge in [-0.15, -0.1) is 0 Å². The molecule has 1 aliphatic heterocycles. The fraction of sp³-hybridized carbons (Fsp3) is 0.300. The molecule has 3 aromatic rings. The minimum atomic E-state index is -3.75. The molecule has 0 amide bonds. The molecule has 2 aromatic carbocycles. The number of sulfonamides is 1. The zero-order valence-corrected chi connectivity index (χ0v) is 17.7. The van der Waals surface area contributed by atoms with E-state index in [1.54, 1.807) is 24.3 Å². The highest BCUT2D eigenvalue weighted by Crippen LogP contribution is 2.31. The Hall–Kier alpha value is -2.69. The van der Waals surface area contributed by atoms with Crippen LogP contribution in [0.25, 0.3) is 10.2 Å². The summed E-state index contributed by atoms with van der Waals surface area (Å²) in [5, 5.41) is 9.66. The van der Waals surface area contributed by atoms with Crippen LogP contribution in [0.5, 0.6) is 0 Å². The van der Waals surface area contributed by atoms with Crippen molar-refractivity contribution in [1.82, 2.24) is 4.98 Å². The van der Waals surface area contributed by atoms with E-state index in [1.165, 1.54) is 23.5 Å². The van der Waals surface area contributed by atoms with E-state index in [2.05, 4.69) is 14.6 Å². The molecule has 158 valence electrons. The molecule has 8 nitrogen and oxygen atoms in total. The predicted octanol–water partition coefficient (Wildman–Crippen LogP) is 2.95. The van der Waals surface area contributed by atoms with Crippen LogP contribution in [0.1, 0.15) is 12.0 Å². The Morgan fingerprint density at radius 2 is 1.90 bits per heavy atom. The minimum Gasteiger partial charge on any atom is -0.481 e. The van der Waals surface area contributed by atoms with Crippen molar-refractivity contribution in [3.05, 3.63) is 48.0 Å². The number of ether oxygens (including phenoxy) is 1. The van der Waals surface area contributed by atoms with Crippen LogP contribution in [-0.4, -0.2) is 50.8 Å². The zero-order chi connectivity index (χ0) is 21.1. The van der Waals surface area contributed by atoms with Gasteiger partial charge in [-0.2, -0.15) is 0 Å². The monoisotopic (exact) mass is 447 g/mol. The molecule has 4 rings (SSSR count). The summed E-state index contributed by atoms with van der Waals surface area (Å²) in [4.78, 5) is 17.6. The number of morpholine rings is 1. The Morgan fingerprint density at radius 1 is 1.17 bits per heavy atom. The van der Waals surface area contributed by atoms with Gasteiger partial charge in [-0.1, -0.05) is 23.5 Å². The number of hydrogen-bond donors (Lipinski definition) is 2. The average Bonchev–Trinajstić information content (AvgIpc) is 3.16. The number of hydrogen-bond acceptors (Lipinski definition) is 7. The fourth-order valence-electron chi connectivity index (χ4n) is 3.17. The van der Waals surface area contributed by atoms with Gasteiger partial charge in [0.1, 0.15) is 0 Å². The zero-order valence-electron chi connectivity index (χ0n) is 16.1. The Labute approximate surface area is 178 Å². The lowest BCUT2D eigenvalue weighted by Crippen LogP contribution is -2.36. The SMILES string of the molecule is O=C(O)CCc1ccc(S(=O)(=O)Nc2ccc3nc(N4CCOCC4)sc3c2)cc1. The van der Waals surface area contributed by atoms with Crippen LogP contribution in [0.4, 0.5) is 10.8 Å². The number of nitrogens with one attached hydrogen (secondary N) is 1. The van der Waals surface area contributed by atoms with E-state index in [1.807, 2.05) is 6.07 Å². The molecule has 0 atom stereocenters. The summed E-state index contributed by atoms with van der Waals surface area (Å²) in [6.07, 6.45) is 0.363. The van der Waals surface area contributed by atoms with Gasteiger partial charge in [0, 0.05) is 19.5 Å². The van der Waals surface area contributed by atoms with Crippen LogP contribution < -0.4 is 9.62 Å². The normalized spacial score (nSPS) is 14.7. The number of carbonyl (C=O) groups is 1. The maximum Gasteiger partial charge on any atom is 0.303 e. The Kier molecular flexibility index (Phi) is 5.89. The predicted molar refractivity (Wildman–Crippen MR) is 116 cm³/mol. The van der Waals surface area contributed by atoms with Crippen molar-refractivity contribution in [1.29, 1.82) is 0 Å². The highest BCUT2D eigenvalue weighted by Gasteiger charge is 2.17. The minimum absolute atomic E-state index is 0.00561. The molecule has 0 aliphatic carbocycles. The van der Waals surface area contributed by atoms with Crippen LogP contribution in [-0.2, 0) is 26.0 Å². The third-order valence-corrected chi connectivity index (χ3v) is 7.25. The molecule has 0 unspecified atom stereocenters. The molecule has 1 fully saturated rings. The molecule has 2 N–H and O–H groups in total. The van der Waals surface area contributed by atoms with Crippen LogP contribution >= 0.6 is 11.3 Å². The van der Waals surface area contributed by atoms with Gasteiger partial charge in [0.25, 0.3) is 10.0 Å². The van der Waals surface area contributed by atoms with E-state index in [-0.39, 0.29) is 11.3 Å². The Bertz CT molecular complexity index is 1150. The number of thiazole rings is 1. The van der Waals surface area contributed by atoms with E-state index >= 15 is 0 Å². The largest absolute Gasteiger partial charge is 0.481 e. The number of carboxylic acids is 1. The lowest BCUT2D eigenvalue weighted by molar-refractivity contribution is -0.136. The molecule has 1 aromatic heterocycles. The molecule has 0 spiro atoms. The third-order valence-electron chi connectivity index (χ3n) is 4.77. The van der Waals surface area contributed by atoms with Gasteiger partial charge in [0.05, 0.1) is 34.0 Å². The smallest absolute Gasteiger partial charge is 0.303 e. The topological polar surface area (TPSA) is 109 Å². The van der Waals surface area contributed by atoms with E-state index < -0.39 is 16.0 Å². The summed E-state index contributed by atoms with van der Waals surface area (Å²) in [5.41, 5.74) is 2.07. The van der Waals surface area contributed by atoms with Crippen molar-refractivity contribution in [3.8, 4) is 0 Å². The van der Waals surface area contributed by atoms with E-state index in [0.29, 0.717) is 25.3 Å². The van der Waals surface area contributed by atoms with Crippen LogP contribution in [0, 0.1) is 0 Å². The first kappa shape index (κ1) is 20.6. The Morgan fingerprint density at radius 3 is 2.60 bits per heavy atom. The van der Waals surface area contributed by atoms with Gasteiger partial charge in [0.15, 0.2) is 5.13 Å². The van der Waals surface area contributed by atoms with Crippen molar-refractivity contribution in [2.75, 3.05) is 35.9 Å². The second-order valence-electron chi connectivity index (χ2n) is 6.92. The number of nitrogens with zero attached hydrogens (tertiary/aromatic N) is 2. The highest BCUT2D eigenvalue weighted by molar-refractivity contribution is 7.92. The first-order valence-corrected chi connectivity index (χ1v) is 11.8. The molecule has 0 bridgehead atoms. The fourth-order valence-corrected chi connectivity index (χ4v) is 5.27. The van der Waals surface area contributed by atoms with Crippen molar-refractivity contribution in [2.45, 2.75) is 17.7 Å². The molecule has 0 radical (unpaired) electrons. The third kappa shape index (κ3) is 4.72. The van der Waals surface area contributed by atoms with Gasteiger partial charge in [-0.3, -0.25) is 9.52 Å².